The maximum absolute atomic E-state index is 10.6. The van der Waals surface area contributed by atoms with Crippen LogP contribution in [0.15, 0.2) is 28.7 Å². The van der Waals surface area contributed by atoms with Crippen LogP contribution >= 0.6 is 38.9 Å². The Morgan fingerprint density at radius 3 is 2.94 bits per heavy atom. The molecule has 0 unspecified atom stereocenters. The zero-order chi connectivity index (χ0) is 12.4. The monoisotopic (exact) mass is 331 g/mol. The van der Waals surface area contributed by atoms with Crippen molar-refractivity contribution in [3.63, 3.8) is 0 Å². The first-order valence-electron chi connectivity index (χ1n) is 4.69. The number of hydrogen-bond acceptors (Lipinski definition) is 3. The summed E-state index contributed by atoms with van der Waals surface area (Å²) in [6.45, 7) is 0. The molecule has 0 aliphatic carbocycles. The molecule has 0 aliphatic rings. The van der Waals surface area contributed by atoms with Crippen molar-refractivity contribution in [1.82, 2.24) is 4.98 Å². The predicted octanol–water partition coefficient (Wildman–Crippen LogP) is 3.85. The summed E-state index contributed by atoms with van der Waals surface area (Å²) in [5, 5.41) is 9.44. The van der Waals surface area contributed by atoms with Gasteiger partial charge in [-0.3, -0.25) is 4.79 Å². The Labute approximate surface area is 115 Å². The molecule has 1 aromatic carbocycles. The minimum absolute atomic E-state index is 0.149. The fourth-order valence-corrected chi connectivity index (χ4v) is 2.86. The first-order valence-corrected chi connectivity index (χ1v) is 6.68. The Morgan fingerprint density at radius 2 is 2.29 bits per heavy atom. The summed E-state index contributed by atoms with van der Waals surface area (Å²) in [7, 11) is 0. The second-order valence-corrected chi connectivity index (χ2v) is 5.84. The number of rotatable bonds is 3. The molecule has 2 aromatic rings. The summed E-state index contributed by atoms with van der Waals surface area (Å²) < 4.78 is 1.38. The molecule has 0 fully saturated rings. The lowest BCUT2D eigenvalue weighted by Gasteiger charge is -1.96. The van der Waals surface area contributed by atoms with Crippen LogP contribution in [0.5, 0.6) is 0 Å². The molecule has 0 saturated heterocycles. The zero-order valence-electron chi connectivity index (χ0n) is 8.48. The molecular weight excluding hydrogens is 326 g/mol. The van der Waals surface area contributed by atoms with Gasteiger partial charge in [0.05, 0.1) is 12.1 Å². The molecule has 0 aliphatic heterocycles. The number of halogens is 2. The first kappa shape index (κ1) is 12.5. The Kier molecular flexibility index (Phi) is 3.81. The molecule has 1 heterocycles. The minimum Gasteiger partial charge on any atom is -0.481 e. The molecule has 17 heavy (non-hydrogen) atoms. The van der Waals surface area contributed by atoms with E-state index in [0.29, 0.717) is 10.0 Å². The average molecular weight is 333 g/mol. The molecule has 0 atom stereocenters. The molecule has 6 heteroatoms. The SMILES string of the molecule is O=C(O)Cc1nc(-c2cccc(Br)c2)sc1Cl. The van der Waals surface area contributed by atoms with Crippen molar-refractivity contribution < 1.29 is 9.90 Å². The van der Waals surface area contributed by atoms with Gasteiger partial charge in [-0.05, 0) is 12.1 Å². The maximum atomic E-state index is 10.6. The van der Waals surface area contributed by atoms with E-state index in [1.807, 2.05) is 24.3 Å². The number of nitrogens with zero attached hydrogens (tertiary/aromatic N) is 1. The molecule has 0 radical (unpaired) electrons. The molecule has 2 rings (SSSR count). The standard InChI is InChI=1S/C11H7BrClNO2S/c12-7-3-1-2-6(4-7)11-14-8(5-9(15)16)10(13)17-11/h1-4H,5H2,(H,15,16). The van der Waals surface area contributed by atoms with Crippen LogP contribution in [0.25, 0.3) is 10.6 Å². The molecule has 1 aromatic heterocycles. The third kappa shape index (κ3) is 3.06. The van der Waals surface area contributed by atoms with Crippen LogP contribution in [0.1, 0.15) is 5.69 Å². The predicted molar refractivity (Wildman–Crippen MR) is 71.6 cm³/mol. The van der Waals surface area contributed by atoms with Gasteiger partial charge in [-0.25, -0.2) is 4.98 Å². The van der Waals surface area contributed by atoms with Gasteiger partial charge in [-0.1, -0.05) is 39.7 Å². The number of carboxylic acids is 1. The summed E-state index contributed by atoms with van der Waals surface area (Å²) >= 11 is 10.6. The second kappa shape index (κ2) is 5.16. The lowest BCUT2D eigenvalue weighted by atomic mass is 10.2. The summed E-state index contributed by atoms with van der Waals surface area (Å²) in [6, 6.07) is 7.63. The summed E-state index contributed by atoms with van der Waals surface area (Å²) in [6.07, 6.45) is -0.149. The number of aliphatic carboxylic acids is 1. The highest BCUT2D eigenvalue weighted by Crippen LogP contribution is 2.32. The smallest absolute Gasteiger partial charge is 0.309 e. The van der Waals surface area contributed by atoms with E-state index in [1.165, 1.54) is 11.3 Å². The Balaban J connectivity index is 2.37. The van der Waals surface area contributed by atoms with Crippen molar-refractivity contribution in [2.75, 3.05) is 0 Å². The van der Waals surface area contributed by atoms with Crippen LogP contribution in [-0.4, -0.2) is 16.1 Å². The van der Waals surface area contributed by atoms with E-state index in [0.717, 1.165) is 15.0 Å². The molecule has 0 spiro atoms. The molecule has 0 bridgehead atoms. The highest BCUT2D eigenvalue weighted by molar-refractivity contribution is 9.10. The largest absolute Gasteiger partial charge is 0.481 e. The third-order valence-electron chi connectivity index (χ3n) is 2.04. The topological polar surface area (TPSA) is 50.2 Å². The van der Waals surface area contributed by atoms with Crippen molar-refractivity contribution >= 4 is 44.8 Å². The van der Waals surface area contributed by atoms with Gasteiger partial charge < -0.3 is 5.11 Å². The number of hydrogen-bond donors (Lipinski definition) is 1. The number of thiazole rings is 1. The van der Waals surface area contributed by atoms with Crippen molar-refractivity contribution in [3.8, 4) is 10.6 Å². The number of carboxylic acid groups (broad SMARTS) is 1. The van der Waals surface area contributed by atoms with Crippen molar-refractivity contribution in [1.29, 1.82) is 0 Å². The first-order chi connectivity index (χ1) is 8.06. The van der Waals surface area contributed by atoms with E-state index >= 15 is 0 Å². The lowest BCUT2D eigenvalue weighted by Crippen LogP contribution is -2.00. The van der Waals surface area contributed by atoms with Crippen molar-refractivity contribution in [2.24, 2.45) is 0 Å². The van der Waals surface area contributed by atoms with Crippen molar-refractivity contribution in [2.45, 2.75) is 6.42 Å². The zero-order valence-corrected chi connectivity index (χ0v) is 11.6. The van der Waals surface area contributed by atoms with E-state index < -0.39 is 5.97 Å². The molecule has 3 nitrogen and oxygen atoms in total. The van der Waals surface area contributed by atoms with Gasteiger partial charge >= 0.3 is 5.97 Å². The quantitative estimate of drug-likeness (QED) is 0.928. The van der Waals surface area contributed by atoms with Crippen LogP contribution < -0.4 is 0 Å². The third-order valence-corrected chi connectivity index (χ3v) is 3.92. The van der Waals surface area contributed by atoms with E-state index in [4.69, 9.17) is 16.7 Å². The van der Waals surface area contributed by atoms with Crippen molar-refractivity contribution in [3.05, 3.63) is 38.8 Å². The van der Waals surface area contributed by atoms with Gasteiger partial charge in [0.2, 0.25) is 0 Å². The van der Waals surface area contributed by atoms with Crippen LogP contribution in [-0.2, 0) is 11.2 Å². The van der Waals surface area contributed by atoms with Crippen LogP contribution in [0.3, 0.4) is 0 Å². The van der Waals surface area contributed by atoms with Gasteiger partial charge in [0, 0.05) is 10.0 Å². The van der Waals surface area contributed by atoms with Crippen LogP contribution in [0.4, 0.5) is 0 Å². The van der Waals surface area contributed by atoms with E-state index in [-0.39, 0.29) is 6.42 Å². The van der Waals surface area contributed by atoms with Gasteiger partial charge in [-0.2, -0.15) is 0 Å². The minimum atomic E-state index is -0.932. The number of carbonyl (C=O) groups is 1. The highest BCUT2D eigenvalue weighted by Gasteiger charge is 2.13. The normalized spacial score (nSPS) is 10.5. The number of aromatic nitrogens is 1. The Hall–Kier alpha value is -0.910. The van der Waals surface area contributed by atoms with Gasteiger partial charge in [0.15, 0.2) is 0 Å². The van der Waals surface area contributed by atoms with Gasteiger partial charge in [-0.15, -0.1) is 11.3 Å². The molecule has 1 N–H and O–H groups in total. The number of benzene rings is 1. The molecule has 0 amide bonds. The fourth-order valence-electron chi connectivity index (χ4n) is 1.33. The second-order valence-electron chi connectivity index (χ2n) is 3.32. The summed E-state index contributed by atoms with van der Waals surface area (Å²) in [5.74, 6) is -0.932. The summed E-state index contributed by atoms with van der Waals surface area (Å²) in [4.78, 5) is 14.9. The Bertz CT molecular complexity index is 570. The van der Waals surface area contributed by atoms with E-state index in [2.05, 4.69) is 20.9 Å². The van der Waals surface area contributed by atoms with Crippen LogP contribution in [0, 0.1) is 0 Å². The van der Waals surface area contributed by atoms with Gasteiger partial charge in [0.1, 0.15) is 9.34 Å². The molecular formula is C11H7BrClNO2S. The Morgan fingerprint density at radius 1 is 1.53 bits per heavy atom. The van der Waals surface area contributed by atoms with E-state index in [1.54, 1.807) is 0 Å². The highest BCUT2D eigenvalue weighted by atomic mass is 79.9. The average Bonchev–Trinajstić information content (AvgIpc) is 2.59. The van der Waals surface area contributed by atoms with Gasteiger partial charge in [0.25, 0.3) is 0 Å². The lowest BCUT2D eigenvalue weighted by molar-refractivity contribution is -0.136. The van der Waals surface area contributed by atoms with E-state index in [9.17, 15) is 4.79 Å². The van der Waals surface area contributed by atoms with Crippen LogP contribution in [0.2, 0.25) is 4.34 Å². The summed E-state index contributed by atoms with van der Waals surface area (Å²) in [5.41, 5.74) is 1.34. The maximum Gasteiger partial charge on any atom is 0.309 e. The fraction of sp³-hybridized carbons (Fsp3) is 0.0909. The molecule has 0 saturated carbocycles. The molecule has 88 valence electrons.